The first kappa shape index (κ1) is 24.1. The Morgan fingerprint density at radius 3 is 2.25 bits per heavy atom. The third kappa shape index (κ3) is 7.00. The Balaban J connectivity index is 1.47. The number of hydrogen-bond acceptors (Lipinski definition) is 7. The van der Waals surface area contributed by atoms with Crippen LogP contribution in [0.4, 0.5) is 0 Å². The van der Waals surface area contributed by atoms with E-state index < -0.39 is 31.2 Å². The second-order valence-electron chi connectivity index (χ2n) is 8.14. The minimum atomic E-state index is -3.92. The number of phosphoric ester groups is 1. The number of ether oxygens (including phenoxy) is 1. The van der Waals surface area contributed by atoms with Gasteiger partial charge in [0.2, 0.25) is 5.91 Å². The smallest absolute Gasteiger partial charge is 0.461 e. The van der Waals surface area contributed by atoms with Crippen LogP contribution in [-0.4, -0.2) is 31.1 Å². The summed E-state index contributed by atoms with van der Waals surface area (Å²) in [7, 11) is -3.92. The van der Waals surface area contributed by atoms with Gasteiger partial charge in [-0.2, -0.15) is 0 Å². The van der Waals surface area contributed by atoms with Crippen LogP contribution in [0.2, 0.25) is 0 Å². The van der Waals surface area contributed by atoms with Gasteiger partial charge >= 0.3 is 13.8 Å². The summed E-state index contributed by atoms with van der Waals surface area (Å²) in [6.45, 7) is 3.83. The van der Waals surface area contributed by atoms with E-state index in [2.05, 4.69) is 5.32 Å². The lowest BCUT2D eigenvalue weighted by Gasteiger charge is -2.39. The molecule has 0 spiro atoms. The van der Waals surface area contributed by atoms with Crippen molar-refractivity contribution in [3.8, 4) is 0 Å². The fourth-order valence-corrected chi connectivity index (χ4v) is 4.65. The van der Waals surface area contributed by atoms with Crippen LogP contribution in [0.25, 0.3) is 0 Å². The van der Waals surface area contributed by atoms with Crippen LogP contribution in [0.1, 0.15) is 31.4 Å². The zero-order valence-corrected chi connectivity index (χ0v) is 19.1. The third-order valence-corrected chi connectivity index (χ3v) is 6.24. The first-order valence-electron chi connectivity index (χ1n) is 10.4. The highest BCUT2D eigenvalue weighted by atomic mass is 31.2. The van der Waals surface area contributed by atoms with E-state index in [1.807, 2.05) is 60.7 Å². The number of hydrogen-bond donors (Lipinski definition) is 1. The van der Waals surface area contributed by atoms with Gasteiger partial charge in [0.1, 0.15) is 6.61 Å². The Labute approximate surface area is 187 Å². The Bertz CT molecular complexity index is 949. The molecule has 0 aliphatic carbocycles. The number of carbonyl (C=O) groups is 2. The average molecular weight is 461 g/mol. The molecule has 0 aromatic heterocycles. The van der Waals surface area contributed by atoms with Gasteiger partial charge in [-0.05, 0) is 11.1 Å². The van der Waals surface area contributed by atoms with Crippen LogP contribution in [0.15, 0.2) is 60.7 Å². The largest absolute Gasteiger partial charge is 0.475 e. The molecule has 1 saturated heterocycles. The van der Waals surface area contributed by atoms with E-state index in [1.165, 1.54) is 0 Å². The van der Waals surface area contributed by atoms with Crippen molar-refractivity contribution in [1.82, 2.24) is 5.32 Å². The molecule has 2 aromatic rings. The Morgan fingerprint density at radius 1 is 1.03 bits per heavy atom. The second kappa shape index (κ2) is 10.9. The van der Waals surface area contributed by atoms with Gasteiger partial charge < -0.3 is 10.1 Å². The molecule has 0 bridgehead atoms. The molecule has 1 aliphatic rings. The fourth-order valence-electron chi connectivity index (χ4n) is 3.01. The summed E-state index contributed by atoms with van der Waals surface area (Å²) in [6.07, 6.45) is -1.05. The van der Waals surface area contributed by atoms with Crippen LogP contribution >= 0.6 is 7.82 Å². The SMILES string of the molecule is CC1(C)COP(=O)(OCc2ccccc2)O[C@H]1C(=O)NCCC(=O)OCc1ccccc1. The average Bonchev–Trinajstić information content (AvgIpc) is 2.80. The molecule has 2 atom stereocenters. The van der Waals surface area contributed by atoms with Crippen molar-refractivity contribution in [2.75, 3.05) is 13.2 Å². The molecule has 1 heterocycles. The van der Waals surface area contributed by atoms with Crippen LogP contribution in [-0.2, 0) is 45.7 Å². The number of phosphoric acid groups is 1. The topological polar surface area (TPSA) is 100 Å². The van der Waals surface area contributed by atoms with Gasteiger partial charge in [0.15, 0.2) is 6.10 Å². The number of carbonyl (C=O) groups excluding carboxylic acids is 2. The maximum absolute atomic E-state index is 12.9. The van der Waals surface area contributed by atoms with Crippen LogP contribution < -0.4 is 5.32 Å². The number of rotatable bonds is 9. The summed E-state index contributed by atoms with van der Waals surface area (Å²) >= 11 is 0. The third-order valence-electron chi connectivity index (χ3n) is 4.88. The molecule has 1 unspecified atom stereocenters. The van der Waals surface area contributed by atoms with E-state index in [9.17, 15) is 14.2 Å². The molecule has 2 aromatic carbocycles. The lowest BCUT2D eigenvalue weighted by Crippen LogP contribution is -2.50. The minimum absolute atomic E-state index is 0.00436. The molecule has 0 saturated carbocycles. The van der Waals surface area contributed by atoms with E-state index >= 15 is 0 Å². The number of esters is 1. The maximum atomic E-state index is 12.9. The maximum Gasteiger partial charge on any atom is 0.475 e. The zero-order chi connectivity index (χ0) is 23.0. The minimum Gasteiger partial charge on any atom is -0.461 e. The predicted molar refractivity (Wildman–Crippen MR) is 117 cm³/mol. The quantitative estimate of drug-likeness (QED) is 0.445. The van der Waals surface area contributed by atoms with E-state index in [-0.39, 0.29) is 32.8 Å². The molecule has 3 rings (SSSR count). The van der Waals surface area contributed by atoms with Crippen molar-refractivity contribution in [3.63, 3.8) is 0 Å². The molecule has 8 nitrogen and oxygen atoms in total. The lowest BCUT2D eigenvalue weighted by molar-refractivity contribution is -0.145. The molecule has 1 fully saturated rings. The molecule has 0 radical (unpaired) electrons. The van der Waals surface area contributed by atoms with Gasteiger partial charge in [-0.15, -0.1) is 0 Å². The summed E-state index contributed by atoms with van der Waals surface area (Å²) in [5.74, 6) is -0.920. The van der Waals surface area contributed by atoms with Crippen molar-refractivity contribution in [2.24, 2.45) is 5.41 Å². The van der Waals surface area contributed by atoms with Crippen molar-refractivity contribution in [3.05, 3.63) is 71.8 Å². The van der Waals surface area contributed by atoms with E-state index in [0.717, 1.165) is 11.1 Å². The Hall–Kier alpha value is -2.51. The normalized spacial score (nSPS) is 22.1. The monoisotopic (exact) mass is 461 g/mol. The molecule has 172 valence electrons. The van der Waals surface area contributed by atoms with Gasteiger partial charge in [-0.1, -0.05) is 74.5 Å². The van der Waals surface area contributed by atoms with Gasteiger partial charge in [0.05, 0.1) is 19.6 Å². The Kier molecular flexibility index (Phi) is 8.21. The van der Waals surface area contributed by atoms with Gasteiger partial charge in [-0.3, -0.25) is 23.2 Å². The standard InChI is InChI=1S/C23H28NO7P/c1-23(2)17-30-32(27,29-16-19-11-7-4-8-12-19)31-21(23)22(26)24-14-13-20(25)28-15-18-9-5-3-6-10-18/h3-12,21H,13-17H2,1-2H3,(H,24,26)/t21-,32?/m0/s1. The molecule has 32 heavy (non-hydrogen) atoms. The molecule has 9 heteroatoms. The van der Waals surface area contributed by atoms with Crippen LogP contribution in [0, 0.1) is 5.41 Å². The summed E-state index contributed by atoms with van der Waals surface area (Å²) < 4.78 is 34.4. The number of nitrogens with one attached hydrogen (secondary N) is 1. The number of amides is 1. The second-order valence-corrected chi connectivity index (χ2v) is 9.76. The molecule has 1 aliphatic heterocycles. The highest BCUT2D eigenvalue weighted by molar-refractivity contribution is 7.48. The van der Waals surface area contributed by atoms with E-state index in [1.54, 1.807) is 13.8 Å². The zero-order valence-electron chi connectivity index (χ0n) is 18.2. The molecular formula is C23H28NO7P. The number of benzene rings is 2. The Morgan fingerprint density at radius 2 is 1.62 bits per heavy atom. The molecular weight excluding hydrogens is 433 g/mol. The highest BCUT2D eigenvalue weighted by Crippen LogP contribution is 2.57. The van der Waals surface area contributed by atoms with Crippen molar-refractivity contribution in [2.45, 2.75) is 39.6 Å². The van der Waals surface area contributed by atoms with Crippen molar-refractivity contribution in [1.29, 1.82) is 0 Å². The van der Waals surface area contributed by atoms with Gasteiger partial charge in [-0.25, -0.2) is 4.57 Å². The van der Waals surface area contributed by atoms with E-state index in [0.29, 0.717) is 0 Å². The molecule has 1 N–H and O–H groups in total. The van der Waals surface area contributed by atoms with Crippen molar-refractivity contribution >= 4 is 19.7 Å². The molecule has 1 amide bonds. The lowest BCUT2D eigenvalue weighted by atomic mass is 9.87. The van der Waals surface area contributed by atoms with Crippen molar-refractivity contribution < 1.29 is 32.5 Å². The first-order valence-corrected chi connectivity index (χ1v) is 11.8. The predicted octanol–water partition coefficient (Wildman–Crippen LogP) is 4.00. The van der Waals surface area contributed by atoms with Gasteiger partial charge in [0, 0.05) is 12.0 Å². The first-order chi connectivity index (χ1) is 15.3. The van der Waals surface area contributed by atoms with Crippen LogP contribution in [0.5, 0.6) is 0 Å². The van der Waals surface area contributed by atoms with Gasteiger partial charge in [0.25, 0.3) is 0 Å². The fraction of sp³-hybridized carbons (Fsp3) is 0.391. The highest BCUT2D eigenvalue weighted by Gasteiger charge is 2.49. The summed E-state index contributed by atoms with van der Waals surface area (Å²) in [5, 5.41) is 2.65. The summed E-state index contributed by atoms with van der Waals surface area (Å²) in [6, 6.07) is 18.5. The summed E-state index contributed by atoms with van der Waals surface area (Å²) in [4.78, 5) is 24.7. The summed E-state index contributed by atoms with van der Waals surface area (Å²) in [5.41, 5.74) is 0.949. The van der Waals surface area contributed by atoms with E-state index in [4.69, 9.17) is 18.3 Å². The van der Waals surface area contributed by atoms with Crippen LogP contribution in [0.3, 0.4) is 0 Å².